The molecule has 0 spiro atoms. The number of hydrogen-bond acceptors (Lipinski definition) is 1. The molecular weight excluding hydrogens is 241 g/mol. The molecule has 0 saturated carbocycles. The molecule has 0 amide bonds. The van der Waals surface area contributed by atoms with Crippen LogP contribution in [0.1, 0.15) is 25.3 Å². The molecule has 0 radical (unpaired) electrons. The Bertz CT molecular complexity index is 357. The normalized spacial score (nSPS) is 17.8. The standard InChI is InChI=1S/C13H17Cl2N/c1-10-4-6-16(7-5-10)13-3-2-12(15)8-11(13)9-14/h2-3,8,10H,4-7,9H2,1H3. The third kappa shape index (κ3) is 2.64. The number of nitrogens with zero attached hydrogens (tertiary/aromatic N) is 1. The summed E-state index contributed by atoms with van der Waals surface area (Å²) >= 11 is 11.9. The lowest BCUT2D eigenvalue weighted by Gasteiger charge is -2.33. The average Bonchev–Trinajstić information content (AvgIpc) is 2.30. The monoisotopic (exact) mass is 257 g/mol. The maximum Gasteiger partial charge on any atom is 0.0495 e. The summed E-state index contributed by atoms with van der Waals surface area (Å²) < 4.78 is 0. The van der Waals surface area contributed by atoms with Gasteiger partial charge in [-0.05, 0) is 42.5 Å². The van der Waals surface area contributed by atoms with Gasteiger partial charge in [0.2, 0.25) is 0 Å². The van der Waals surface area contributed by atoms with Gasteiger partial charge in [0.1, 0.15) is 0 Å². The molecule has 1 fully saturated rings. The molecule has 16 heavy (non-hydrogen) atoms. The predicted molar refractivity (Wildman–Crippen MR) is 71.6 cm³/mol. The van der Waals surface area contributed by atoms with E-state index in [1.165, 1.54) is 18.5 Å². The predicted octanol–water partition coefficient (Wildman–Crippen LogP) is 4.32. The van der Waals surface area contributed by atoms with E-state index >= 15 is 0 Å². The van der Waals surface area contributed by atoms with Crippen LogP contribution < -0.4 is 4.90 Å². The number of hydrogen-bond donors (Lipinski definition) is 0. The van der Waals surface area contributed by atoms with E-state index in [1.807, 2.05) is 12.1 Å². The van der Waals surface area contributed by atoms with E-state index in [2.05, 4.69) is 17.9 Å². The fourth-order valence-electron chi connectivity index (χ4n) is 2.22. The van der Waals surface area contributed by atoms with Crippen molar-refractivity contribution in [2.75, 3.05) is 18.0 Å². The number of benzene rings is 1. The van der Waals surface area contributed by atoms with E-state index in [1.54, 1.807) is 0 Å². The molecule has 1 heterocycles. The van der Waals surface area contributed by atoms with Gasteiger partial charge >= 0.3 is 0 Å². The van der Waals surface area contributed by atoms with Gasteiger partial charge in [0.05, 0.1) is 0 Å². The summed E-state index contributed by atoms with van der Waals surface area (Å²) in [5.41, 5.74) is 2.40. The zero-order valence-corrected chi connectivity index (χ0v) is 11.1. The molecule has 1 aromatic rings. The maximum absolute atomic E-state index is 5.98. The number of rotatable bonds is 2. The SMILES string of the molecule is CC1CCN(c2ccc(Cl)cc2CCl)CC1. The minimum Gasteiger partial charge on any atom is -0.371 e. The van der Waals surface area contributed by atoms with Crippen molar-refractivity contribution < 1.29 is 0 Å². The smallest absolute Gasteiger partial charge is 0.0495 e. The minimum absolute atomic E-state index is 0.530. The highest BCUT2D eigenvalue weighted by Crippen LogP contribution is 2.29. The van der Waals surface area contributed by atoms with Gasteiger partial charge in [-0.15, -0.1) is 11.6 Å². The van der Waals surface area contributed by atoms with Crippen LogP contribution in [0.2, 0.25) is 5.02 Å². The van der Waals surface area contributed by atoms with Crippen LogP contribution in [0.4, 0.5) is 5.69 Å². The van der Waals surface area contributed by atoms with Gasteiger partial charge in [-0.25, -0.2) is 0 Å². The van der Waals surface area contributed by atoms with Gasteiger partial charge in [0.15, 0.2) is 0 Å². The first kappa shape index (κ1) is 12.1. The van der Waals surface area contributed by atoms with Crippen molar-refractivity contribution in [3.63, 3.8) is 0 Å². The summed E-state index contributed by atoms with van der Waals surface area (Å²) in [4.78, 5) is 2.42. The maximum atomic E-state index is 5.98. The van der Waals surface area contributed by atoms with Gasteiger partial charge in [0, 0.05) is 29.7 Å². The first-order chi connectivity index (χ1) is 7.70. The van der Waals surface area contributed by atoms with Crippen LogP contribution in [0.15, 0.2) is 18.2 Å². The fraction of sp³-hybridized carbons (Fsp3) is 0.538. The molecule has 1 aromatic carbocycles. The minimum atomic E-state index is 0.530. The zero-order valence-electron chi connectivity index (χ0n) is 9.55. The highest BCUT2D eigenvalue weighted by Gasteiger charge is 2.18. The van der Waals surface area contributed by atoms with Gasteiger partial charge < -0.3 is 4.90 Å². The Hall–Kier alpha value is -0.400. The third-order valence-corrected chi connectivity index (χ3v) is 3.83. The van der Waals surface area contributed by atoms with Gasteiger partial charge in [-0.2, -0.15) is 0 Å². The fourth-order valence-corrected chi connectivity index (χ4v) is 2.63. The third-order valence-electron chi connectivity index (χ3n) is 3.31. The van der Waals surface area contributed by atoms with Crippen molar-refractivity contribution in [2.24, 2.45) is 5.92 Å². The largest absolute Gasteiger partial charge is 0.371 e. The molecule has 3 heteroatoms. The molecule has 0 aliphatic carbocycles. The summed E-state index contributed by atoms with van der Waals surface area (Å²) in [7, 11) is 0. The number of anilines is 1. The molecule has 0 aromatic heterocycles. The van der Waals surface area contributed by atoms with E-state index in [0.717, 1.165) is 29.6 Å². The Kier molecular flexibility index (Phi) is 3.99. The molecule has 1 saturated heterocycles. The van der Waals surface area contributed by atoms with Crippen molar-refractivity contribution in [1.82, 2.24) is 0 Å². The van der Waals surface area contributed by atoms with Crippen molar-refractivity contribution in [1.29, 1.82) is 0 Å². The van der Waals surface area contributed by atoms with Crippen LogP contribution in [0.3, 0.4) is 0 Å². The van der Waals surface area contributed by atoms with Crippen LogP contribution in [0.5, 0.6) is 0 Å². The number of alkyl halides is 1. The molecule has 0 bridgehead atoms. The highest BCUT2D eigenvalue weighted by molar-refractivity contribution is 6.30. The molecule has 0 atom stereocenters. The second-order valence-corrected chi connectivity index (χ2v) is 5.28. The van der Waals surface area contributed by atoms with Crippen molar-refractivity contribution in [3.8, 4) is 0 Å². The topological polar surface area (TPSA) is 3.24 Å². The molecular formula is C13H17Cl2N. The van der Waals surface area contributed by atoms with Crippen molar-refractivity contribution in [3.05, 3.63) is 28.8 Å². The molecule has 1 nitrogen and oxygen atoms in total. The van der Waals surface area contributed by atoms with Crippen LogP contribution in [0.25, 0.3) is 0 Å². The second kappa shape index (κ2) is 5.29. The Morgan fingerprint density at radius 1 is 1.31 bits per heavy atom. The second-order valence-electron chi connectivity index (χ2n) is 4.58. The Morgan fingerprint density at radius 3 is 2.62 bits per heavy atom. The van der Waals surface area contributed by atoms with Crippen molar-refractivity contribution >= 4 is 28.9 Å². The Labute approximate surface area is 107 Å². The Morgan fingerprint density at radius 2 is 2.00 bits per heavy atom. The quantitative estimate of drug-likeness (QED) is 0.714. The van der Waals surface area contributed by atoms with Crippen LogP contribution in [-0.4, -0.2) is 13.1 Å². The van der Waals surface area contributed by atoms with Crippen LogP contribution in [-0.2, 0) is 5.88 Å². The molecule has 2 rings (SSSR count). The summed E-state index contributed by atoms with van der Waals surface area (Å²) in [5, 5.41) is 0.768. The van der Waals surface area contributed by atoms with E-state index in [-0.39, 0.29) is 0 Å². The van der Waals surface area contributed by atoms with Crippen molar-refractivity contribution in [2.45, 2.75) is 25.6 Å². The van der Waals surface area contributed by atoms with Gasteiger partial charge in [-0.1, -0.05) is 18.5 Å². The van der Waals surface area contributed by atoms with E-state index < -0.39 is 0 Å². The van der Waals surface area contributed by atoms with E-state index in [9.17, 15) is 0 Å². The molecule has 1 aliphatic heterocycles. The lowest BCUT2D eigenvalue weighted by Crippen LogP contribution is -2.33. The highest BCUT2D eigenvalue weighted by atomic mass is 35.5. The van der Waals surface area contributed by atoms with Gasteiger partial charge in [-0.3, -0.25) is 0 Å². The lowest BCUT2D eigenvalue weighted by atomic mass is 9.98. The first-order valence-electron chi connectivity index (χ1n) is 5.80. The number of halogens is 2. The first-order valence-corrected chi connectivity index (χ1v) is 6.71. The molecule has 0 N–H and O–H groups in total. The average molecular weight is 258 g/mol. The van der Waals surface area contributed by atoms with E-state index in [4.69, 9.17) is 23.2 Å². The summed E-state index contributed by atoms with van der Waals surface area (Å²) in [6, 6.07) is 6.02. The zero-order chi connectivity index (χ0) is 11.5. The summed E-state index contributed by atoms with van der Waals surface area (Å²) in [5.74, 6) is 1.38. The van der Waals surface area contributed by atoms with Crippen LogP contribution in [0, 0.1) is 5.92 Å². The van der Waals surface area contributed by atoms with Gasteiger partial charge in [0.25, 0.3) is 0 Å². The van der Waals surface area contributed by atoms with Crippen LogP contribution >= 0.6 is 23.2 Å². The molecule has 0 unspecified atom stereocenters. The Balaban J connectivity index is 2.19. The molecule has 88 valence electrons. The molecule has 1 aliphatic rings. The summed E-state index contributed by atoms with van der Waals surface area (Å²) in [6.45, 7) is 4.58. The lowest BCUT2D eigenvalue weighted by molar-refractivity contribution is 0.438. The van der Waals surface area contributed by atoms with E-state index in [0.29, 0.717) is 5.88 Å². The number of piperidine rings is 1. The summed E-state index contributed by atoms with van der Waals surface area (Å²) in [6.07, 6.45) is 2.54.